The Labute approximate surface area is 112 Å². The standard InChI is InChI=1S/C14H20BrNO/c1-16(13-8-4-5-9-14(13)17)10-11-6-2-3-7-12(11)15/h2-3,6-7,13-14,17H,4-5,8-10H2,1H3/t13-,14-/m1/s1. The van der Waals surface area contributed by atoms with Gasteiger partial charge in [0.1, 0.15) is 0 Å². The predicted molar refractivity (Wildman–Crippen MR) is 73.9 cm³/mol. The van der Waals surface area contributed by atoms with Crippen LogP contribution >= 0.6 is 15.9 Å². The second-order valence-corrected chi connectivity index (χ2v) is 5.78. The van der Waals surface area contributed by atoms with Crippen molar-refractivity contribution >= 4 is 15.9 Å². The third-order valence-corrected chi connectivity index (χ3v) is 4.41. The van der Waals surface area contributed by atoms with Crippen molar-refractivity contribution in [1.82, 2.24) is 4.90 Å². The minimum Gasteiger partial charge on any atom is -0.391 e. The average molecular weight is 298 g/mol. The Morgan fingerprint density at radius 2 is 2.00 bits per heavy atom. The average Bonchev–Trinajstić information content (AvgIpc) is 2.32. The molecule has 1 fully saturated rings. The molecule has 1 aromatic carbocycles. The lowest BCUT2D eigenvalue weighted by molar-refractivity contribution is 0.0287. The maximum absolute atomic E-state index is 10.0. The van der Waals surface area contributed by atoms with Gasteiger partial charge in [0.2, 0.25) is 0 Å². The van der Waals surface area contributed by atoms with E-state index in [0.717, 1.165) is 23.9 Å². The van der Waals surface area contributed by atoms with E-state index in [9.17, 15) is 5.11 Å². The van der Waals surface area contributed by atoms with Gasteiger partial charge >= 0.3 is 0 Å². The first-order valence-corrected chi connectivity index (χ1v) is 7.09. The van der Waals surface area contributed by atoms with Crippen LogP contribution < -0.4 is 0 Å². The molecule has 0 unspecified atom stereocenters. The molecule has 1 saturated carbocycles. The van der Waals surface area contributed by atoms with Crippen molar-refractivity contribution < 1.29 is 5.11 Å². The Balaban J connectivity index is 2.01. The van der Waals surface area contributed by atoms with Gasteiger partial charge in [-0.15, -0.1) is 0 Å². The van der Waals surface area contributed by atoms with Crippen molar-refractivity contribution in [1.29, 1.82) is 0 Å². The van der Waals surface area contributed by atoms with Crippen molar-refractivity contribution in [3.8, 4) is 0 Å². The van der Waals surface area contributed by atoms with Gasteiger partial charge in [0, 0.05) is 17.1 Å². The maximum atomic E-state index is 10.0. The second-order valence-electron chi connectivity index (χ2n) is 4.93. The Kier molecular flexibility index (Phi) is 4.60. The Bertz CT molecular complexity index is 369. The van der Waals surface area contributed by atoms with Gasteiger partial charge in [-0.1, -0.05) is 47.0 Å². The van der Waals surface area contributed by atoms with Gasteiger partial charge in [0.25, 0.3) is 0 Å². The van der Waals surface area contributed by atoms with Crippen LogP contribution in [0, 0.1) is 0 Å². The fraction of sp³-hybridized carbons (Fsp3) is 0.571. The highest BCUT2D eigenvalue weighted by atomic mass is 79.9. The normalized spacial score (nSPS) is 25.2. The lowest BCUT2D eigenvalue weighted by Gasteiger charge is -2.35. The number of rotatable bonds is 3. The number of benzene rings is 1. The molecule has 2 atom stereocenters. The SMILES string of the molecule is CN(Cc1ccccc1Br)[C@@H]1CCCC[C@H]1O. The zero-order chi connectivity index (χ0) is 12.3. The summed E-state index contributed by atoms with van der Waals surface area (Å²) < 4.78 is 1.15. The van der Waals surface area contributed by atoms with Crippen LogP contribution in [0.1, 0.15) is 31.2 Å². The second kappa shape index (κ2) is 5.98. The number of likely N-dealkylation sites (N-methyl/N-ethyl adjacent to an activating group) is 1. The number of nitrogens with zero attached hydrogens (tertiary/aromatic N) is 1. The highest BCUT2D eigenvalue weighted by Crippen LogP contribution is 2.25. The lowest BCUT2D eigenvalue weighted by atomic mass is 9.91. The van der Waals surface area contributed by atoms with Crippen molar-refractivity contribution in [3.05, 3.63) is 34.3 Å². The van der Waals surface area contributed by atoms with E-state index in [4.69, 9.17) is 0 Å². The third-order valence-electron chi connectivity index (χ3n) is 3.64. The summed E-state index contributed by atoms with van der Waals surface area (Å²) in [7, 11) is 2.11. The van der Waals surface area contributed by atoms with Gasteiger partial charge in [0.15, 0.2) is 0 Å². The topological polar surface area (TPSA) is 23.5 Å². The van der Waals surface area contributed by atoms with Gasteiger partial charge in [-0.25, -0.2) is 0 Å². The Hall–Kier alpha value is -0.380. The molecule has 0 aliphatic heterocycles. The molecule has 0 heterocycles. The smallest absolute Gasteiger partial charge is 0.0695 e. The number of aliphatic hydroxyl groups excluding tert-OH is 1. The molecule has 1 N–H and O–H groups in total. The zero-order valence-electron chi connectivity index (χ0n) is 10.3. The molecule has 0 aromatic heterocycles. The van der Waals surface area contributed by atoms with Crippen molar-refractivity contribution in [2.45, 2.75) is 44.4 Å². The highest BCUT2D eigenvalue weighted by molar-refractivity contribution is 9.10. The van der Waals surface area contributed by atoms with Crippen molar-refractivity contribution in [3.63, 3.8) is 0 Å². The molecule has 1 aliphatic carbocycles. The van der Waals surface area contributed by atoms with Gasteiger partial charge < -0.3 is 5.11 Å². The van der Waals surface area contributed by atoms with E-state index in [0.29, 0.717) is 6.04 Å². The van der Waals surface area contributed by atoms with Gasteiger partial charge in [-0.05, 0) is 31.5 Å². The van der Waals surface area contributed by atoms with E-state index < -0.39 is 0 Å². The van der Waals surface area contributed by atoms with Crippen LogP contribution in [0.15, 0.2) is 28.7 Å². The molecule has 94 valence electrons. The minimum atomic E-state index is -0.156. The van der Waals surface area contributed by atoms with E-state index in [1.54, 1.807) is 0 Å². The number of aliphatic hydroxyl groups is 1. The molecule has 2 rings (SSSR count). The fourth-order valence-corrected chi connectivity index (χ4v) is 3.03. The van der Waals surface area contributed by atoms with E-state index in [1.807, 2.05) is 6.07 Å². The van der Waals surface area contributed by atoms with E-state index in [2.05, 4.69) is 46.1 Å². The Morgan fingerprint density at radius 3 is 2.71 bits per heavy atom. The van der Waals surface area contributed by atoms with E-state index >= 15 is 0 Å². The first-order chi connectivity index (χ1) is 8.18. The summed E-state index contributed by atoms with van der Waals surface area (Å²) in [5.74, 6) is 0. The van der Waals surface area contributed by atoms with Gasteiger partial charge in [0.05, 0.1) is 6.10 Å². The third kappa shape index (κ3) is 3.30. The first kappa shape index (κ1) is 13.1. The van der Waals surface area contributed by atoms with E-state index in [-0.39, 0.29) is 6.10 Å². The summed E-state index contributed by atoms with van der Waals surface area (Å²) in [5, 5.41) is 10.0. The number of halogens is 1. The lowest BCUT2D eigenvalue weighted by Crippen LogP contribution is -2.42. The molecule has 1 aliphatic rings. The fourth-order valence-electron chi connectivity index (χ4n) is 2.62. The van der Waals surface area contributed by atoms with Crippen LogP contribution in [0.4, 0.5) is 0 Å². The van der Waals surface area contributed by atoms with Gasteiger partial charge in [-0.3, -0.25) is 4.90 Å². The molecule has 0 spiro atoms. The summed E-state index contributed by atoms with van der Waals surface area (Å²) in [5.41, 5.74) is 1.28. The summed E-state index contributed by atoms with van der Waals surface area (Å²) in [6.07, 6.45) is 4.31. The van der Waals surface area contributed by atoms with Crippen LogP contribution in [0.2, 0.25) is 0 Å². The molecule has 17 heavy (non-hydrogen) atoms. The molecule has 2 nitrogen and oxygen atoms in total. The highest BCUT2D eigenvalue weighted by Gasteiger charge is 2.26. The van der Waals surface area contributed by atoms with Crippen LogP contribution in [0.5, 0.6) is 0 Å². The monoisotopic (exact) mass is 297 g/mol. The minimum absolute atomic E-state index is 0.156. The summed E-state index contributed by atoms with van der Waals surface area (Å²) in [4.78, 5) is 2.28. The molecule has 1 aromatic rings. The van der Waals surface area contributed by atoms with Gasteiger partial charge in [-0.2, -0.15) is 0 Å². The summed E-state index contributed by atoms with van der Waals surface area (Å²) in [6, 6.07) is 8.61. The predicted octanol–water partition coefficient (Wildman–Crippen LogP) is 3.18. The van der Waals surface area contributed by atoms with E-state index in [1.165, 1.54) is 18.4 Å². The molecular weight excluding hydrogens is 278 g/mol. The first-order valence-electron chi connectivity index (χ1n) is 6.30. The maximum Gasteiger partial charge on any atom is 0.0695 e. The van der Waals surface area contributed by atoms with Crippen LogP contribution in [0.3, 0.4) is 0 Å². The summed E-state index contributed by atoms with van der Waals surface area (Å²) in [6.45, 7) is 0.892. The number of hydrogen-bond donors (Lipinski definition) is 1. The molecular formula is C14H20BrNO. The Morgan fingerprint density at radius 1 is 1.29 bits per heavy atom. The largest absolute Gasteiger partial charge is 0.391 e. The van der Waals surface area contributed by atoms with Crippen LogP contribution in [0.25, 0.3) is 0 Å². The quantitative estimate of drug-likeness (QED) is 0.926. The summed E-state index contributed by atoms with van der Waals surface area (Å²) >= 11 is 3.57. The molecule has 3 heteroatoms. The van der Waals surface area contributed by atoms with Crippen LogP contribution in [-0.2, 0) is 6.54 Å². The van der Waals surface area contributed by atoms with Crippen molar-refractivity contribution in [2.75, 3.05) is 7.05 Å². The zero-order valence-corrected chi connectivity index (χ0v) is 11.9. The molecule has 0 radical (unpaired) electrons. The molecule has 0 bridgehead atoms. The molecule has 0 saturated heterocycles. The molecule has 0 amide bonds. The van der Waals surface area contributed by atoms with Crippen molar-refractivity contribution in [2.24, 2.45) is 0 Å². The van der Waals surface area contributed by atoms with Crippen LogP contribution in [-0.4, -0.2) is 29.2 Å². The number of hydrogen-bond acceptors (Lipinski definition) is 2.